The normalized spacial score (nSPS) is 18.4. The maximum Gasteiger partial charge on any atom is 0.494 e. The average Bonchev–Trinajstić information content (AvgIpc) is 2.71. The summed E-state index contributed by atoms with van der Waals surface area (Å²) < 4.78 is 12.3. The number of nitrogens with zero attached hydrogens (tertiary/aromatic N) is 2. The van der Waals surface area contributed by atoms with Crippen LogP contribution in [0.3, 0.4) is 0 Å². The molecule has 0 radical (unpaired) electrons. The molecule has 1 N–H and O–H groups in total. The van der Waals surface area contributed by atoms with E-state index >= 15 is 0 Å². The van der Waals surface area contributed by atoms with Crippen molar-refractivity contribution in [2.45, 2.75) is 59.7 Å². The van der Waals surface area contributed by atoms with Crippen LogP contribution in [-0.4, -0.2) is 28.3 Å². The van der Waals surface area contributed by atoms with Gasteiger partial charge in [-0.2, -0.15) is 0 Å². The molecule has 2 heterocycles. The molecule has 6 heteroatoms. The van der Waals surface area contributed by atoms with Crippen molar-refractivity contribution in [1.82, 2.24) is 9.97 Å². The highest BCUT2D eigenvalue weighted by molar-refractivity contribution is 6.62. The van der Waals surface area contributed by atoms with Gasteiger partial charge in [-0.25, -0.2) is 9.97 Å². The van der Waals surface area contributed by atoms with E-state index in [1.54, 1.807) is 0 Å². The van der Waals surface area contributed by atoms with Gasteiger partial charge in [0.2, 0.25) is 5.95 Å². The molecular weight excluding hydrogens is 313 g/mol. The fraction of sp³-hybridized carbons (Fsp3) is 0.474. The highest BCUT2D eigenvalue weighted by atomic mass is 16.7. The van der Waals surface area contributed by atoms with Gasteiger partial charge in [-0.1, -0.05) is 6.07 Å². The van der Waals surface area contributed by atoms with Crippen LogP contribution < -0.4 is 10.8 Å². The fourth-order valence-electron chi connectivity index (χ4n) is 2.72. The molecule has 3 rings (SSSR count). The Morgan fingerprint density at radius 3 is 2.20 bits per heavy atom. The van der Waals surface area contributed by atoms with Gasteiger partial charge < -0.3 is 14.6 Å². The fourth-order valence-corrected chi connectivity index (χ4v) is 2.72. The third-order valence-corrected chi connectivity index (χ3v) is 5.11. The van der Waals surface area contributed by atoms with Crippen LogP contribution in [0.1, 0.15) is 44.5 Å². The number of hydrogen-bond acceptors (Lipinski definition) is 5. The minimum absolute atomic E-state index is 0.355. The topological polar surface area (TPSA) is 56.3 Å². The molecule has 1 aromatic heterocycles. The summed E-state index contributed by atoms with van der Waals surface area (Å²) in [5.41, 5.74) is 4.37. The van der Waals surface area contributed by atoms with Crippen LogP contribution >= 0.6 is 0 Å². The molecule has 132 valence electrons. The van der Waals surface area contributed by atoms with Gasteiger partial charge in [-0.15, -0.1) is 0 Å². The summed E-state index contributed by atoms with van der Waals surface area (Å²) in [5.74, 6) is 0.591. The van der Waals surface area contributed by atoms with Crippen molar-refractivity contribution in [3.63, 3.8) is 0 Å². The summed E-state index contributed by atoms with van der Waals surface area (Å²) in [5, 5.41) is 3.28. The third kappa shape index (κ3) is 3.55. The van der Waals surface area contributed by atoms with E-state index in [0.717, 1.165) is 28.0 Å². The van der Waals surface area contributed by atoms with Gasteiger partial charge in [0.15, 0.2) is 0 Å². The molecule has 25 heavy (non-hydrogen) atoms. The van der Waals surface area contributed by atoms with Crippen molar-refractivity contribution in [3.05, 3.63) is 41.2 Å². The predicted octanol–water partition coefficient (Wildman–Crippen LogP) is 3.44. The van der Waals surface area contributed by atoms with Crippen LogP contribution in [0.2, 0.25) is 0 Å². The lowest BCUT2D eigenvalue weighted by atomic mass is 9.78. The lowest BCUT2D eigenvalue weighted by Crippen LogP contribution is -2.41. The summed E-state index contributed by atoms with van der Waals surface area (Å²) in [4.78, 5) is 8.84. The van der Waals surface area contributed by atoms with Crippen molar-refractivity contribution in [2.24, 2.45) is 0 Å². The van der Waals surface area contributed by atoms with Crippen molar-refractivity contribution in [3.8, 4) is 0 Å². The molecule has 0 bridgehead atoms. The molecule has 0 atom stereocenters. The summed E-state index contributed by atoms with van der Waals surface area (Å²) in [6, 6.07) is 6.19. The van der Waals surface area contributed by atoms with E-state index in [2.05, 4.69) is 62.0 Å². The number of rotatable bonds is 3. The van der Waals surface area contributed by atoms with Crippen LogP contribution in [0.15, 0.2) is 24.4 Å². The highest BCUT2D eigenvalue weighted by Crippen LogP contribution is 2.36. The molecule has 0 amide bonds. The second kappa shape index (κ2) is 6.11. The average molecular weight is 339 g/mol. The van der Waals surface area contributed by atoms with Gasteiger partial charge in [-0.3, -0.25) is 0 Å². The van der Waals surface area contributed by atoms with Gasteiger partial charge in [0.05, 0.1) is 11.2 Å². The number of aromatic nitrogens is 2. The number of hydrogen-bond donors (Lipinski definition) is 1. The predicted molar refractivity (Wildman–Crippen MR) is 102 cm³/mol. The first-order valence-electron chi connectivity index (χ1n) is 8.62. The highest BCUT2D eigenvalue weighted by Gasteiger charge is 2.51. The first-order chi connectivity index (χ1) is 11.6. The Balaban J connectivity index is 1.87. The summed E-state index contributed by atoms with van der Waals surface area (Å²) in [7, 11) is -0.383. The molecule has 5 nitrogen and oxygen atoms in total. The molecule has 1 fully saturated rings. The number of anilines is 2. The van der Waals surface area contributed by atoms with Crippen molar-refractivity contribution in [2.75, 3.05) is 5.32 Å². The molecule has 0 saturated carbocycles. The summed E-state index contributed by atoms with van der Waals surface area (Å²) in [6.07, 6.45) is 1.83. The zero-order chi connectivity index (χ0) is 18.4. The monoisotopic (exact) mass is 339 g/mol. The first-order valence-corrected chi connectivity index (χ1v) is 8.62. The van der Waals surface area contributed by atoms with E-state index in [1.807, 2.05) is 26.1 Å². The van der Waals surface area contributed by atoms with E-state index in [-0.39, 0.29) is 18.3 Å². The molecule has 1 aliphatic heterocycles. The van der Waals surface area contributed by atoms with Crippen LogP contribution in [-0.2, 0) is 9.31 Å². The number of aryl methyl sites for hydroxylation is 3. The molecule has 2 aromatic rings. The van der Waals surface area contributed by atoms with Gasteiger partial charge in [0.1, 0.15) is 0 Å². The van der Waals surface area contributed by atoms with Crippen molar-refractivity contribution in [1.29, 1.82) is 0 Å². The minimum atomic E-state index is -0.383. The van der Waals surface area contributed by atoms with E-state index in [1.165, 1.54) is 0 Å². The van der Waals surface area contributed by atoms with Crippen LogP contribution in [0, 0.1) is 20.8 Å². The quantitative estimate of drug-likeness (QED) is 0.868. The van der Waals surface area contributed by atoms with Crippen LogP contribution in [0.4, 0.5) is 11.6 Å². The molecule has 1 saturated heterocycles. The second-order valence-electron chi connectivity index (χ2n) is 7.81. The Morgan fingerprint density at radius 2 is 1.60 bits per heavy atom. The van der Waals surface area contributed by atoms with Crippen LogP contribution in [0.5, 0.6) is 0 Å². The molecule has 1 aromatic carbocycles. The van der Waals surface area contributed by atoms with Gasteiger partial charge in [0, 0.05) is 17.6 Å². The van der Waals surface area contributed by atoms with E-state index in [4.69, 9.17) is 9.31 Å². The Labute approximate surface area is 150 Å². The Morgan fingerprint density at radius 1 is 0.960 bits per heavy atom. The molecule has 0 aliphatic carbocycles. The smallest absolute Gasteiger partial charge is 0.399 e. The van der Waals surface area contributed by atoms with Gasteiger partial charge in [0.25, 0.3) is 0 Å². The summed E-state index contributed by atoms with van der Waals surface area (Å²) in [6.45, 7) is 14.3. The Kier molecular flexibility index (Phi) is 4.37. The SMILES string of the molecule is Cc1cc(Nc2ncc(C)c(C)n2)cc(B2OC(C)(C)C(C)(C)O2)c1. The Bertz CT molecular complexity index is 789. The van der Waals surface area contributed by atoms with E-state index in [0.29, 0.717) is 5.95 Å². The molecule has 0 unspecified atom stereocenters. The lowest BCUT2D eigenvalue weighted by molar-refractivity contribution is 0.00578. The van der Waals surface area contributed by atoms with Crippen LogP contribution in [0.25, 0.3) is 0 Å². The van der Waals surface area contributed by atoms with Crippen molar-refractivity contribution >= 4 is 24.2 Å². The molecule has 1 aliphatic rings. The van der Waals surface area contributed by atoms with Gasteiger partial charge >= 0.3 is 7.12 Å². The molecular formula is C19H26BN3O2. The third-order valence-electron chi connectivity index (χ3n) is 5.11. The largest absolute Gasteiger partial charge is 0.494 e. The molecule has 0 spiro atoms. The summed E-state index contributed by atoms with van der Waals surface area (Å²) >= 11 is 0. The van der Waals surface area contributed by atoms with Gasteiger partial charge in [-0.05, 0) is 77.2 Å². The second-order valence-corrected chi connectivity index (χ2v) is 7.81. The number of benzene rings is 1. The van der Waals surface area contributed by atoms with E-state index in [9.17, 15) is 0 Å². The zero-order valence-electron chi connectivity index (χ0n) is 16.1. The lowest BCUT2D eigenvalue weighted by Gasteiger charge is -2.32. The van der Waals surface area contributed by atoms with Crippen molar-refractivity contribution < 1.29 is 9.31 Å². The maximum absolute atomic E-state index is 6.16. The Hall–Kier alpha value is -1.92. The van der Waals surface area contributed by atoms with E-state index < -0.39 is 0 Å². The maximum atomic E-state index is 6.16. The number of nitrogens with one attached hydrogen (secondary N) is 1. The first kappa shape index (κ1) is 17.9. The minimum Gasteiger partial charge on any atom is -0.399 e. The zero-order valence-corrected chi connectivity index (χ0v) is 16.1. The standard InChI is InChI=1S/C19H26BN3O2/c1-12-8-15(20-24-18(4,5)19(6,7)25-20)10-16(9-12)23-17-21-11-13(2)14(3)22-17/h8-11H,1-7H3,(H,21,22,23).